The summed E-state index contributed by atoms with van der Waals surface area (Å²) in [6.45, 7) is 2.11. The molecule has 5 heteroatoms. The summed E-state index contributed by atoms with van der Waals surface area (Å²) in [4.78, 5) is 16.9. The van der Waals surface area contributed by atoms with Crippen LogP contribution in [-0.4, -0.2) is 27.1 Å². The molecule has 1 atom stereocenters. The summed E-state index contributed by atoms with van der Waals surface area (Å²) in [7, 11) is 0. The second-order valence-corrected chi connectivity index (χ2v) is 6.03. The van der Waals surface area contributed by atoms with Gasteiger partial charge >= 0.3 is 5.97 Å². The van der Waals surface area contributed by atoms with Crippen molar-refractivity contribution in [3.63, 3.8) is 0 Å². The topological polar surface area (TPSA) is 94.9 Å². The number of para-hydroxylation sites is 2. The molecule has 0 amide bonds. The average Bonchev–Trinajstić information content (AvgIpc) is 3.20. The maximum Gasteiger partial charge on any atom is 0.320 e. The Morgan fingerprint density at radius 2 is 1.56 bits per heavy atom. The van der Waals surface area contributed by atoms with Crippen LogP contribution in [0.2, 0.25) is 0 Å². The molecule has 4 aromatic rings. The normalized spacial score (nSPS) is 11.9. The van der Waals surface area contributed by atoms with Crippen molar-refractivity contribution < 1.29 is 9.90 Å². The highest BCUT2D eigenvalue weighted by atomic mass is 16.4. The number of aliphatic carboxylic acids is 1. The van der Waals surface area contributed by atoms with Crippen LogP contribution < -0.4 is 5.73 Å². The molecule has 0 saturated carbocycles. The summed E-state index contributed by atoms with van der Waals surface area (Å²) in [5.74, 6) is -0.972. The minimum Gasteiger partial charge on any atom is -0.480 e. The van der Waals surface area contributed by atoms with Gasteiger partial charge in [-0.25, -0.2) is 0 Å². The van der Waals surface area contributed by atoms with E-state index in [2.05, 4.69) is 35.1 Å². The van der Waals surface area contributed by atoms with Crippen LogP contribution in [0.3, 0.4) is 0 Å². The maximum atomic E-state index is 10.6. The molecule has 128 valence electrons. The average molecular weight is 335 g/mol. The number of carboxylic acids is 1. The minimum atomic E-state index is -0.972. The van der Waals surface area contributed by atoms with Gasteiger partial charge in [0.1, 0.15) is 6.04 Å². The second kappa shape index (κ2) is 7.23. The summed E-state index contributed by atoms with van der Waals surface area (Å²) in [6, 6.07) is 15.2. The zero-order valence-corrected chi connectivity index (χ0v) is 14.0. The molecule has 0 spiro atoms. The van der Waals surface area contributed by atoms with E-state index in [1.54, 1.807) is 0 Å². The van der Waals surface area contributed by atoms with Crippen LogP contribution in [0.5, 0.6) is 0 Å². The number of aromatic nitrogens is 2. The Labute approximate surface area is 145 Å². The number of hydrogen-bond acceptors (Lipinski definition) is 2. The SMILES string of the molecule is Cc1c[nH]c2ccccc12.NC(Cc1c[nH]c2ccccc12)C(=O)O. The van der Waals surface area contributed by atoms with E-state index in [1.165, 1.54) is 16.5 Å². The summed E-state index contributed by atoms with van der Waals surface area (Å²) < 4.78 is 0. The molecule has 25 heavy (non-hydrogen) atoms. The van der Waals surface area contributed by atoms with Crippen molar-refractivity contribution in [2.24, 2.45) is 5.73 Å². The number of benzene rings is 2. The number of hydrogen-bond donors (Lipinski definition) is 4. The van der Waals surface area contributed by atoms with E-state index in [0.717, 1.165) is 16.5 Å². The van der Waals surface area contributed by atoms with Crippen molar-refractivity contribution in [3.05, 3.63) is 72.1 Å². The summed E-state index contributed by atoms with van der Waals surface area (Å²) in [5, 5.41) is 11.1. The van der Waals surface area contributed by atoms with Crippen molar-refractivity contribution in [1.29, 1.82) is 0 Å². The standard InChI is InChI=1S/C11H12N2O2.C9H9N/c12-9(11(14)15)5-7-6-13-10-4-2-1-3-8(7)10;1-7-6-10-9-5-3-2-4-8(7)9/h1-4,6,9,13H,5,12H2,(H,14,15);2-6,10H,1H3. The number of fused-ring (bicyclic) bond motifs is 2. The van der Waals surface area contributed by atoms with E-state index in [4.69, 9.17) is 10.8 Å². The molecule has 0 saturated heterocycles. The van der Waals surface area contributed by atoms with Gasteiger partial charge in [-0.2, -0.15) is 0 Å². The molecule has 5 N–H and O–H groups in total. The van der Waals surface area contributed by atoms with Crippen LogP contribution in [0, 0.1) is 6.92 Å². The third-order valence-electron chi connectivity index (χ3n) is 4.23. The zero-order chi connectivity index (χ0) is 17.8. The molecule has 0 bridgehead atoms. The van der Waals surface area contributed by atoms with Gasteiger partial charge in [0.25, 0.3) is 0 Å². The Bertz CT molecular complexity index is 1000. The molecule has 1 unspecified atom stereocenters. The molecular formula is C20H21N3O2. The molecule has 4 rings (SSSR count). The molecule has 2 heterocycles. The lowest BCUT2D eigenvalue weighted by Crippen LogP contribution is -2.32. The first-order valence-corrected chi connectivity index (χ1v) is 8.12. The number of aryl methyl sites for hydroxylation is 1. The molecule has 5 nitrogen and oxygen atoms in total. The van der Waals surface area contributed by atoms with E-state index in [0.29, 0.717) is 6.42 Å². The van der Waals surface area contributed by atoms with E-state index < -0.39 is 12.0 Å². The fourth-order valence-corrected chi connectivity index (χ4v) is 2.84. The van der Waals surface area contributed by atoms with Crippen LogP contribution in [0.1, 0.15) is 11.1 Å². The maximum absolute atomic E-state index is 10.6. The fraction of sp³-hybridized carbons (Fsp3) is 0.150. The number of nitrogens with one attached hydrogen (secondary N) is 2. The minimum absolute atomic E-state index is 0.347. The first kappa shape index (κ1) is 16.8. The first-order chi connectivity index (χ1) is 12.1. The Morgan fingerprint density at radius 1 is 1.00 bits per heavy atom. The summed E-state index contributed by atoms with van der Waals surface area (Å²) >= 11 is 0. The van der Waals surface area contributed by atoms with Crippen LogP contribution in [0.15, 0.2) is 60.9 Å². The number of H-pyrrole nitrogens is 2. The molecule has 0 fully saturated rings. The molecule has 0 aliphatic carbocycles. The van der Waals surface area contributed by atoms with Gasteiger partial charge in [0.05, 0.1) is 0 Å². The number of rotatable bonds is 3. The Morgan fingerprint density at radius 3 is 2.20 bits per heavy atom. The molecule has 0 radical (unpaired) electrons. The van der Waals surface area contributed by atoms with Crippen molar-refractivity contribution in [2.75, 3.05) is 0 Å². The quantitative estimate of drug-likeness (QED) is 0.461. The van der Waals surface area contributed by atoms with Gasteiger partial charge < -0.3 is 20.8 Å². The Balaban J connectivity index is 0.000000157. The molecule has 2 aromatic carbocycles. The fourth-order valence-electron chi connectivity index (χ4n) is 2.84. The summed E-state index contributed by atoms with van der Waals surface area (Å²) in [6.07, 6.45) is 4.19. The Hall–Kier alpha value is -3.05. The number of nitrogens with two attached hydrogens (primary N) is 1. The van der Waals surface area contributed by atoms with E-state index in [-0.39, 0.29) is 0 Å². The molecule has 0 aliphatic rings. The summed E-state index contributed by atoms with van der Waals surface area (Å²) in [5.41, 5.74) is 9.97. The highest BCUT2D eigenvalue weighted by molar-refractivity contribution is 5.84. The van der Waals surface area contributed by atoms with Gasteiger partial charge in [0.2, 0.25) is 0 Å². The molecule has 2 aromatic heterocycles. The highest BCUT2D eigenvalue weighted by Gasteiger charge is 2.14. The third kappa shape index (κ3) is 3.72. The zero-order valence-electron chi connectivity index (χ0n) is 14.0. The van der Waals surface area contributed by atoms with Gasteiger partial charge in [-0.1, -0.05) is 36.4 Å². The number of carboxylic acid groups (broad SMARTS) is 1. The van der Waals surface area contributed by atoms with Gasteiger partial charge in [-0.15, -0.1) is 0 Å². The molecular weight excluding hydrogens is 314 g/mol. The smallest absolute Gasteiger partial charge is 0.320 e. The first-order valence-electron chi connectivity index (χ1n) is 8.12. The van der Waals surface area contributed by atoms with E-state index in [9.17, 15) is 4.79 Å². The lowest BCUT2D eigenvalue weighted by atomic mass is 10.1. The Kier molecular flexibility index (Phi) is 4.86. The van der Waals surface area contributed by atoms with Gasteiger partial charge in [0.15, 0.2) is 0 Å². The van der Waals surface area contributed by atoms with Crippen molar-refractivity contribution >= 4 is 27.8 Å². The van der Waals surface area contributed by atoms with Gasteiger partial charge in [0, 0.05) is 40.6 Å². The van der Waals surface area contributed by atoms with E-state index in [1.807, 2.05) is 42.7 Å². The third-order valence-corrected chi connectivity index (χ3v) is 4.23. The van der Waals surface area contributed by atoms with Crippen LogP contribution in [0.4, 0.5) is 0 Å². The van der Waals surface area contributed by atoms with Crippen LogP contribution in [0.25, 0.3) is 21.8 Å². The monoisotopic (exact) mass is 335 g/mol. The van der Waals surface area contributed by atoms with Crippen molar-refractivity contribution in [1.82, 2.24) is 9.97 Å². The predicted octanol–water partition coefficient (Wildman–Crippen LogP) is 3.60. The van der Waals surface area contributed by atoms with E-state index >= 15 is 0 Å². The van der Waals surface area contributed by atoms with Gasteiger partial charge in [-0.05, 0) is 30.2 Å². The lowest BCUT2D eigenvalue weighted by molar-refractivity contribution is -0.138. The molecule has 0 aliphatic heterocycles. The number of aromatic amines is 2. The largest absolute Gasteiger partial charge is 0.480 e. The van der Waals surface area contributed by atoms with Crippen LogP contribution in [-0.2, 0) is 11.2 Å². The highest BCUT2D eigenvalue weighted by Crippen LogP contribution is 2.18. The second-order valence-electron chi connectivity index (χ2n) is 6.03. The van der Waals surface area contributed by atoms with Crippen LogP contribution >= 0.6 is 0 Å². The van der Waals surface area contributed by atoms with Gasteiger partial charge in [-0.3, -0.25) is 4.79 Å². The van der Waals surface area contributed by atoms with Crippen molar-refractivity contribution in [2.45, 2.75) is 19.4 Å². The lowest BCUT2D eigenvalue weighted by Gasteiger charge is -2.04. The predicted molar refractivity (Wildman–Crippen MR) is 101 cm³/mol. The van der Waals surface area contributed by atoms with Crippen molar-refractivity contribution in [3.8, 4) is 0 Å². The number of carbonyl (C=O) groups is 1.